The Hall–Kier alpha value is -1.50. The lowest BCUT2D eigenvalue weighted by atomic mass is 9.99. The molecule has 118 valence electrons. The van der Waals surface area contributed by atoms with E-state index in [1.165, 1.54) is 12.1 Å². The molecule has 22 heavy (non-hydrogen) atoms. The van der Waals surface area contributed by atoms with Gasteiger partial charge in [-0.15, -0.1) is 0 Å². The van der Waals surface area contributed by atoms with Crippen molar-refractivity contribution in [2.75, 3.05) is 25.4 Å². The van der Waals surface area contributed by atoms with E-state index in [1.54, 1.807) is 4.90 Å². The third-order valence-corrected chi connectivity index (χ3v) is 4.56. The first-order chi connectivity index (χ1) is 10.5. The predicted octanol–water partition coefficient (Wildman–Crippen LogP) is 1.31. The highest BCUT2D eigenvalue weighted by molar-refractivity contribution is 6.39. The molecule has 2 unspecified atom stereocenters. The Morgan fingerprint density at radius 1 is 1.36 bits per heavy atom. The van der Waals surface area contributed by atoms with Crippen LogP contribution in [0.2, 0.25) is 10.0 Å². The summed E-state index contributed by atoms with van der Waals surface area (Å²) in [6.07, 6.45) is 0.632. The van der Waals surface area contributed by atoms with E-state index in [1.807, 2.05) is 0 Å². The predicted molar refractivity (Wildman–Crippen MR) is 83.1 cm³/mol. The van der Waals surface area contributed by atoms with E-state index < -0.39 is 0 Å². The number of nitrogens with zero attached hydrogens (tertiary/aromatic N) is 1. The molecule has 2 aliphatic heterocycles. The number of amides is 2. The third kappa shape index (κ3) is 2.86. The van der Waals surface area contributed by atoms with Crippen LogP contribution in [-0.2, 0) is 9.53 Å². The molecule has 2 heterocycles. The number of hydrogen-bond acceptors (Lipinski definition) is 4. The minimum Gasteiger partial charge on any atom is -0.396 e. The van der Waals surface area contributed by atoms with E-state index in [4.69, 9.17) is 33.7 Å². The summed E-state index contributed by atoms with van der Waals surface area (Å²) in [4.78, 5) is 25.6. The highest BCUT2D eigenvalue weighted by Gasteiger charge is 2.36. The van der Waals surface area contributed by atoms with Gasteiger partial charge in [0.05, 0.1) is 27.9 Å². The number of carbonyl (C=O) groups excluding carboxylic acids is 2. The minimum atomic E-state index is -0.193. The van der Waals surface area contributed by atoms with Crippen molar-refractivity contribution >= 4 is 40.7 Å². The number of nitrogen functional groups attached to an aromatic ring is 1. The van der Waals surface area contributed by atoms with Gasteiger partial charge in [0.1, 0.15) is 6.61 Å². The number of ether oxygens (including phenoxy) is 1. The number of hydrogen-bond donors (Lipinski definition) is 2. The number of rotatable bonds is 1. The molecule has 3 N–H and O–H groups in total. The molecule has 0 aromatic heterocycles. The van der Waals surface area contributed by atoms with Gasteiger partial charge in [-0.3, -0.25) is 9.59 Å². The van der Waals surface area contributed by atoms with Crippen molar-refractivity contribution in [2.24, 2.45) is 0 Å². The summed E-state index contributed by atoms with van der Waals surface area (Å²) in [6, 6.07) is 2.83. The maximum Gasteiger partial charge on any atom is 0.254 e. The summed E-state index contributed by atoms with van der Waals surface area (Å²) in [5, 5.41) is 3.36. The monoisotopic (exact) mass is 343 g/mol. The summed E-state index contributed by atoms with van der Waals surface area (Å²) < 4.78 is 5.47. The fourth-order valence-corrected chi connectivity index (χ4v) is 3.26. The van der Waals surface area contributed by atoms with Crippen LogP contribution in [0.25, 0.3) is 0 Å². The van der Waals surface area contributed by atoms with Crippen molar-refractivity contribution in [1.82, 2.24) is 10.2 Å². The lowest BCUT2D eigenvalue weighted by Crippen LogP contribution is -2.61. The molecule has 2 aliphatic rings. The number of carbonyl (C=O) groups is 2. The first-order valence-electron chi connectivity index (χ1n) is 6.90. The first-order valence-corrected chi connectivity index (χ1v) is 7.66. The van der Waals surface area contributed by atoms with E-state index in [-0.39, 0.29) is 46.3 Å². The molecule has 2 fully saturated rings. The van der Waals surface area contributed by atoms with Crippen molar-refractivity contribution < 1.29 is 14.3 Å². The highest BCUT2D eigenvalue weighted by Crippen LogP contribution is 2.30. The van der Waals surface area contributed by atoms with Crippen LogP contribution in [0.3, 0.4) is 0 Å². The van der Waals surface area contributed by atoms with Crippen LogP contribution in [0.15, 0.2) is 12.1 Å². The van der Waals surface area contributed by atoms with Gasteiger partial charge >= 0.3 is 0 Å². The molecule has 1 aromatic rings. The number of morpholine rings is 1. The fraction of sp³-hybridized carbons (Fsp3) is 0.429. The summed E-state index contributed by atoms with van der Waals surface area (Å²) in [7, 11) is 0. The van der Waals surface area contributed by atoms with Gasteiger partial charge in [-0.05, 0) is 18.6 Å². The zero-order valence-corrected chi connectivity index (χ0v) is 13.2. The van der Waals surface area contributed by atoms with Crippen LogP contribution in [0.5, 0.6) is 0 Å². The largest absolute Gasteiger partial charge is 0.396 e. The Kier molecular flexibility index (Phi) is 4.16. The topological polar surface area (TPSA) is 84.7 Å². The highest BCUT2D eigenvalue weighted by atomic mass is 35.5. The van der Waals surface area contributed by atoms with Crippen LogP contribution in [0.1, 0.15) is 16.8 Å². The number of nitrogens with two attached hydrogens (primary N) is 1. The van der Waals surface area contributed by atoms with Gasteiger partial charge in [0.25, 0.3) is 5.91 Å². The molecule has 6 nitrogen and oxygen atoms in total. The number of benzene rings is 1. The second-order valence-electron chi connectivity index (χ2n) is 5.42. The van der Waals surface area contributed by atoms with Gasteiger partial charge in [-0.1, -0.05) is 23.2 Å². The molecule has 3 rings (SSSR count). The minimum absolute atomic E-state index is 0.0413. The second kappa shape index (κ2) is 5.95. The van der Waals surface area contributed by atoms with E-state index in [0.717, 1.165) is 0 Å². The van der Waals surface area contributed by atoms with Crippen molar-refractivity contribution in [1.29, 1.82) is 0 Å². The second-order valence-corrected chi connectivity index (χ2v) is 6.23. The van der Waals surface area contributed by atoms with Crippen molar-refractivity contribution in [3.63, 3.8) is 0 Å². The molecule has 2 atom stereocenters. The summed E-state index contributed by atoms with van der Waals surface area (Å²) in [5.41, 5.74) is 6.32. The molecule has 0 radical (unpaired) electrons. The Morgan fingerprint density at radius 2 is 2.05 bits per heavy atom. The van der Waals surface area contributed by atoms with Gasteiger partial charge < -0.3 is 20.7 Å². The summed E-state index contributed by atoms with van der Waals surface area (Å²) in [6.45, 7) is 1.03. The van der Waals surface area contributed by atoms with Gasteiger partial charge in [0.2, 0.25) is 5.91 Å². The van der Waals surface area contributed by atoms with Crippen LogP contribution in [0.4, 0.5) is 5.69 Å². The van der Waals surface area contributed by atoms with Crippen LogP contribution in [0, 0.1) is 0 Å². The van der Waals surface area contributed by atoms with E-state index in [9.17, 15) is 9.59 Å². The maximum absolute atomic E-state index is 12.6. The third-order valence-electron chi connectivity index (χ3n) is 3.94. The standard InChI is InChI=1S/C14H15Cl2N3O3/c15-8-3-7(4-9(16)13(8)17)14(21)19-2-1-11-10(5-19)18-12(20)6-22-11/h3-4,10-11H,1-2,5-6,17H2,(H,18,20). The Labute approximate surface area is 137 Å². The number of likely N-dealkylation sites (tertiary alicyclic amines) is 1. The quantitative estimate of drug-likeness (QED) is 0.753. The van der Waals surface area contributed by atoms with Crippen molar-refractivity contribution in [2.45, 2.75) is 18.6 Å². The molecule has 0 spiro atoms. The zero-order valence-electron chi connectivity index (χ0n) is 11.6. The van der Waals surface area contributed by atoms with E-state index in [2.05, 4.69) is 5.32 Å². The molecule has 0 saturated carbocycles. The molecule has 0 bridgehead atoms. The normalized spacial score (nSPS) is 24.6. The van der Waals surface area contributed by atoms with Crippen LogP contribution < -0.4 is 11.1 Å². The molecule has 1 aromatic carbocycles. The number of piperidine rings is 1. The zero-order chi connectivity index (χ0) is 15.9. The number of nitrogens with one attached hydrogen (secondary N) is 1. The Morgan fingerprint density at radius 3 is 2.73 bits per heavy atom. The Balaban J connectivity index is 1.77. The van der Waals surface area contributed by atoms with E-state index in [0.29, 0.717) is 25.1 Å². The van der Waals surface area contributed by atoms with Crippen LogP contribution >= 0.6 is 23.2 Å². The number of anilines is 1. The molecule has 0 aliphatic carbocycles. The molecular weight excluding hydrogens is 329 g/mol. The van der Waals surface area contributed by atoms with Gasteiger partial charge in [-0.2, -0.15) is 0 Å². The maximum atomic E-state index is 12.6. The van der Waals surface area contributed by atoms with Gasteiger partial charge in [0.15, 0.2) is 0 Å². The molecule has 2 amide bonds. The average Bonchev–Trinajstić information content (AvgIpc) is 2.50. The van der Waals surface area contributed by atoms with Crippen molar-refractivity contribution in [3.8, 4) is 0 Å². The summed E-state index contributed by atoms with van der Waals surface area (Å²) >= 11 is 11.9. The number of halogens is 2. The summed E-state index contributed by atoms with van der Waals surface area (Å²) in [5.74, 6) is -0.351. The van der Waals surface area contributed by atoms with Crippen LogP contribution in [-0.4, -0.2) is 48.6 Å². The van der Waals surface area contributed by atoms with Gasteiger partial charge in [-0.25, -0.2) is 0 Å². The van der Waals surface area contributed by atoms with E-state index >= 15 is 0 Å². The van der Waals surface area contributed by atoms with Gasteiger partial charge in [0, 0.05) is 18.7 Å². The fourth-order valence-electron chi connectivity index (χ4n) is 2.77. The Bertz CT molecular complexity index is 615. The molecule has 2 saturated heterocycles. The lowest BCUT2D eigenvalue weighted by Gasteiger charge is -2.41. The average molecular weight is 344 g/mol. The van der Waals surface area contributed by atoms with Crippen molar-refractivity contribution in [3.05, 3.63) is 27.7 Å². The smallest absolute Gasteiger partial charge is 0.254 e. The SMILES string of the molecule is Nc1c(Cl)cc(C(=O)N2CCC3OCC(=O)NC3C2)cc1Cl. The molecule has 8 heteroatoms. The molecular formula is C14H15Cl2N3O3. The lowest BCUT2D eigenvalue weighted by molar-refractivity contribution is -0.139. The number of fused-ring (bicyclic) bond motifs is 1. The first kappa shape index (κ1) is 15.4.